The minimum absolute atomic E-state index is 0.313. The van der Waals surface area contributed by atoms with Crippen LogP contribution in [0.5, 0.6) is 0 Å². The summed E-state index contributed by atoms with van der Waals surface area (Å²) in [6, 6.07) is 6.01. The van der Waals surface area contributed by atoms with E-state index in [0.717, 1.165) is 0 Å². The maximum absolute atomic E-state index is 14.1. The predicted octanol–water partition coefficient (Wildman–Crippen LogP) is 0.643. The highest BCUT2D eigenvalue weighted by atomic mass is 19.2. The quantitative estimate of drug-likeness (QED) is 0.585. The van der Waals surface area contributed by atoms with Gasteiger partial charge in [-0.05, 0) is 0 Å². The van der Waals surface area contributed by atoms with Crippen LogP contribution in [0.25, 0.3) is 33.3 Å². The fraction of sp³-hybridized carbons (Fsp3) is 0. The molecule has 3 rings (SSSR count). The molecule has 10 heteroatoms. The Labute approximate surface area is 130 Å². The zero-order chi connectivity index (χ0) is 17.4. The van der Waals surface area contributed by atoms with Gasteiger partial charge in [-0.3, -0.25) is 0 Å². The second kappa shape index (κ2) is 5.17. The van der Waals surface area contributed by atoms with Crippen LogP contribution in [0.3, 0.4) is 0 Å². The molecule has 24 heavy (non-hydrogen) atoms. The van der Waals surface area contributed by atoms with Crippen molar-refractivity contribution >= 4 is 33.3 Å². The number of aromatic nitrogens is 2. The van der Waals surface area contributed by atoms with E-state index in [0.29, 0.717) is 0 Å². The van der Waals surface area contributed by atoms with Gasteiger partial charge in [0.1, 0.15) is 35.3 Å². The first-order chi connectivity index (χ1) is 11.5. The number of nitrogens with zero attached hydrogens (tertiary/aromatic N) is 6. The summed E-state index contributed by atoms with van der Waals surface area (Å²) in [5, 5.41) is 35.2. The zero-order valence-electron chi connectivity index (χ0n) is 11.3. The van der Waals surface area contributed by atoms with E-state index in [9.17, 15) is 8.78 Å². The maximum atomic E-state index is 14.1. The van der Waals surface area contributed by atoms with E-state index in [1.54, 1.807) is 0 Å². The lowest BCUT2D eigenvalue weighted by molar-refractivity contribution is 0.466. The van der Waals surface area contributed by atoms with Crippen molar-refractivity contribution in [2.24, 2.45) is 0 Å². The molecule has 0 saturated carbocycles. The van der Waals surface area contributed by atoms with Gasteiger partial charge in [-0.15, -0.1) is 0 Å². The number of nitriles is 4. The second-order valence-electron chi connectivity index (χ2n) is 4.22. The third kappa shape index (κ3) is 1.85. The van der Waals surface area contributed by atoms with Crippen molar-refractivity contribution in [2.45, 2.75) is 0 Å². The fourth-order valence-corrected chi connectivity index (χ4v) is 1.91. The molecule has 8 nitrogen and oxygen atoms in total. The Kier molecular flexibility index (Phi) is 3.16. The molecular weight excluding hydrogens is 322 g/mol. The van der Waals surface area contributed by atoms with Gasteiger partial charge in [0.15, 0.2) is 22.3 Å². The molecule has 0 saturated heterocycles. The molecule has 0 aliphatic rings. The number of rotatable bonds is 0. The Hall–Kier alpha value is -4.28. The molecule has 0 fully saturated rings. The third-order valence-electron chi connectivity index (χ3n) is 2.94. The molecule has 0 unspecified atom stereocenters. The minimum Gasteiger partial charge on any atom is -0.431 e. The van der Waals surface area contributed by atoms with Gasteiger partial charge in [0.25, 0.3) is 0 Å². The molecule has 0 spiro atoms. The SMILES string of the molecule is N#CC(C#N)=c1nc2c(o1)c(F)c(F)c1oc(=C(C#N)C#N)nc12. The van der Waals surface area contributed by atoms with E-state index in [-0.39, 0.29) is 11.0 Å². The normalized spacial score (nSPS) is 9.92. The number of hydrogen-bond acceptors (Lipinski definition) is 8. The molecule has 1 aromatic carbocycles. The van der Waals surface area contributed by atoms with E-state index in [4.69, 9.17) is 29.9 Å². The molecule has 2 heterocycles. The largest absolute Gasteiger partial charge is 0.431 e. The summed E-state index contributed by atoms with van der Waals surface area (Å²) in [5.41, 5.74) is -4.11. The van der Waals surface area contributed by atoms with Crippen LogP contribution in [-0.4, -0.2) is 9.97 Å². The lowest BCUT2D eigenvalue weighted by Gasteiger charge is -1.93. The number of fused-ring (bicyclic) bond motifs is 3. The molecule has 0 N–H and O–H groups in total. The monoisotopic (exact) mass is 322 g/mol. The minimum atomic E-state index is -1.47. The van der Waals surface area contributed by atoms with Crippen LogP contribution in [0.1, 0.15) is 0 Å². The number of oxazole rings is 2. The molecule has 3 aromatic rings. The zero-order valence-corrected chi connectivity index (χ0v) is 11.3. The molecule has 0 bridgehead atoms. The average molecular weight is 322 g/mol. The van der Waals surface area contributed by atoms with E-state index in [1.165, 1.54) is 24.3 Å². The molecule has 0 aliphatic heterocycles. The van der Waals surface area contributed by atoms with Gasteiger partial charge in [0.2, 0.25) is 22.7 Å². The van der Waals surface area contributed by atoms with Crippen molar-refractivity contribution in [3.63, 3.8) is 0 Å². The Morgan fingerprint density at radius 2 is 1.04 bits per heavy atom. The predicted molar refractivity (Wildman–Crippen MR) is 70.0 cm³/mol. The van der Waals surface area contributed by atoms with Crippen molar-refractivity contribution in [1.29, 1.82) is 21.0 Å². The lowest BCUT2D eigenvalue weighted by atomic mass is 10.2. The molecule has 2 aromatic heterocycles. The van der Waals surface area contributed by atoms with Gasteiger partial charge in [-0.2, -0.15) is 29.8 Å². The Morgan fingerprint density at radius 3 is 1.33 bits per heavy atom. The maximum Gasteiger partial charge on any atom is 0.249 e. The first-order valence-electron chi connectivity index (χ1n) is 5.98. The van der Waals surface area contributed by atoms with Gasteiger partial charge in [-0.25, -0.2) is 9.97 Å². The Morgan fingerprint density at radius 1 is 0.708 bits per heavy atom. The van der Waals surface area contributed by atoms with Crippen molar-refractivity contribution in [3.05, 3.63) is 22.7 Å². The summed E-state index contributed by atoms with van der Waals surface area (Å²) in [4.78, 5) is 7.51. The van der Waals surface area contributed by atoms with Gasteiger partial charge in [0.05, 0.1) is 0 Å². The summed E-state index contributed by atoms with van der Waals surface area (Å²) in [5.74, 6) is -2.94. The van der Waals surface area contributed by atoms with Crippen molar-refractivity contribution < 1.29 is 17.6 Å². The summed E-state index contributed by atoms with van der Waals surface area (Å²) in [6.07, 6.45) is 0. The number of hydrogen-bond donors (Lipinski definition) is 0. The second-order valence-corrected chi connectivity index (χ2v) is 4.22. The smallest absolute Gasteiger partial charge is 0.249 e. The highest BCUT2D eigenvalue weighted by molar-refractivity contribution is 5.99. The highest BCUT2D eigenvalue weighted by Crippen LogP contribution is 2.27. The van der Waals surface area contributed by atoms with Crippen molar-refractivity contribution in [3.8, 4) is 24.3 Å². The van der Waals surface area contributed by atoms with Crippen LogP contribution < -0.4 is 11.1 Å². The topological polar surface area (TPSA) is 147 Å². The van der Waals surface area contributed by atoms with Crippen molar-refractivity contribution in [2.75, 3.05) is 0 Å². The van der Waals surface area contributed by atoms with Gasteiger partial charge < -0.3 is 8.83 Å². The summed E-state index contributed by atoms with van der Waals surface area (Å²) in [7, 11) is 0. The van der Waals surface area contributed by atoms with Crippen LogP contribution >= 0.6 is 0 Å². The first-order valence-corrected chi connectivity index (χ1v) is 5.98. The van der Waals surface area contributed by atoms with E-state index in [2.05, 4.69) is 9.97 Å². The lowest BCUT2D eigenvalue weighted by Crippen LogP contribution is -2.04. The standard InChI is InChI=1S/C14F2N6O2/c15-7-8(16)12-10(22-14(24-12)6(3-19)4-20)9-11(7)23-13(21-9)5(1-17)2-18. The number of halogens is 2. The van der Waals surface area contributed by atoms with Crippen LogP contribution in [0.4, 0.5) is 8.78 Å². The Bertz CT molecular complexity index is 1190. The van der Waals surface area contributed by atoms with E-state index in [1.807, 2.05) is 0 Å². The van der Waals surface area contributed by atoms with Gasteiger partial charge in [-0.1, -0.05) is 0 Å². The number of benzene rings is 1. The highest BCUT2D eigenvalue weighted by Gasteiger charge is 2.24. The Balaban J connectivity index is 2.63. The first kappa shape index (κ1) is 14.6. The van der Waals surface area contributed by atoms with Crippen molar-refractivity contribution in [1.82, 2.24) is 9.97 Å². The third-order valence-corrected chi connectivity index (χ3v) is 2.94. The molecule has 0 radical (unpaired) electrons. The summed E-state index contributed by atoms with van der Waals surface area (Å²) >= 11 is 0. The van der Waals surface area contributed by atoms with Gasteiger partial charge in [0, 0.05) is 0 Å². The molecule has 112 valence electrons. The van der Waals surface area contributed by atoms with Gasteiger partial charge >= 0.3 is 0 Å². The van der Waals surface area contributed by atoms with Crippen LogP contribution in [0, 0.1) is 57.0 Å². The van der Waals surface area contributed by atoms with Crippen LogP contribution in [0.2, 0.25) is 0 Å². The van der Waals surface area contributed by atoms with E-state index >= 15 is 0 Å². The van der Waals surface area contributed by atoms with Crippen LogP contribution in [-0.2, 0) is 0 Å². The molecule has 0 amide bonds. The fourth-order valence-electron chi connectivity index (χ4n) is 1.91. The summed E-state index contributed by atoms with van der Waals surface area (Å²) in [6.45, 7) is 0. The van der Waals surface area contributed by atoms with E-state index < -0.39 is 45.0 Å². The average Bonchev–Trinajstić information content (AvgIpc) is 3.20. The molecular formula is C14F2N6O2. The van der Waals surface area contributed by atoms with Crippen LogP contribution in [0.15, 0.2) is 8.83 Å². The summed E-state index contributed by atoms with van der Waals surface area (Å²) < 4.78 is 38.0. The molecule has 0 aliphatic carbocycles. The molecule has 0 atom stereocenters.